The number of nitrogens with one attached hydrogen (secondary N) is 1. The first kappa shape index (κ1) is 12.7. The number of piperidine rings is 1. The first-order chi connectivity index (χ1) is 9.33. The molecule has 2 fully saturated rings. The molecule has 0 spiro atoms. The number of likely N-dealkylation sites (tertiary alicyclic amines) is 2. The van der Waals surface area contributed by atoms with Crippen LogP contribution in [0, 0.1) is 0 Å². The van der Waals surface area contributed by atoms with E-state index in [4.69, 9.17) is 0 Å². The van der Waals surface area contributed by atoms with Crippen LogP contribution >= 0.6 is 0 Å². The molecule has 2 aliphatic heterocycles. The van der Waals surface area contributed by atoms with Crippen molar-refractivity contribution in [2.75, 3.05) is 32.7 Å². The van der Waals surface area contributed by atoms with Crippen molar-refractivity contribution in [3.8, 4) is 0 Å². The third kappa shape index (κ3) is 2.97. The van der Waals surface area contributed by atoms with Crippen molar-refractivity contribution in [1.82, 2.24) is 20.0 Å². The van der Waals surface area contributed by atoms with Crippen LogP contribution in [0.2, 0.25) is 0 Å². The first-order valence-corrected chi connectivity index (χ1v) is 7.32. The van der Waals surface area contributed by atoms with Gasteiger partial charge in [-0.15, -0.1) is 0 Å². The fraction of sp³-hybridized carbons (Fsp3) is 0.714. The Bertz CT molecular complexity index is 409. The highest BCUT2D eigenvalue weighted by atomic mass is 16.2. The number of aromatic nitrogens is 2. The molecule has 0 aliphatic carbocycles. The molecule has 1 N–H and O–H groups in total. The molecule has 0 atom stereocenters. The Morgan fingerprint density at radius 3 is 2.74 bits per heavy atom. The molecule has 0 aromatic carbocycles. The van der Waals surface area contributed by atoms with Gasteiger partial charge in [0.05, 0.1) is 6.20 Å². The minimum atomic E-state index is 0.341. The average molecular weight is 262 g/mol. The van der Waals surface area contributed by atoms with Gasteiger partial charge < -0.3 is 9.80 Å². The lowest BCUT2D eigenvalue weighted by molar-refractivity contribution is -0.127. The number of H-pyrrole nitrogens is 1. The fourth-order valence-electron chi connectivity index (χ4n) is 3.18. The molecular formula is C14H22N4O. The van der Waals surface area contributed by atoms with Crippen molar-refractivity contribution in [2.24, 2.45) is 0 Å². The van der Waals surface area contributed by atoms with Crippen LogP contribution in [-0.2, 0) is 4.79 Å². The summed E-state index contributed by atoms with van der Waals surface area (Å²) in [5.41, 5.74) is 1.34. The lowest BCUT2D eigenvalue weighted by Gasteiger charge is -2.32. The van der Waals surface area contributed by atoms with E-state index in [0.29, 0.717) is 11.8 Å². The summed E-state index contributed by atoms with van der Waals surface area (Å²) in [4.78, 5) is 16.1. The number of hydrogen-bond acceptors (Lipinski definition) is 3. The van der Waals surface area contributed by atoms with Crippen molar-refractivity contribution in [3.63, 3.8) is 0 Å². The molecular weight excluding hydrogens is 240 g/mol. The second-order valence-corrected chi connectivity index (χ2v) is 5.63. The molecule has 0 bridgehead atoms. The van der Waals surface area contributed by atoms with Gasteiger partial charge in [0.1, 0.15) is 0 Å². The van der Waals surface area contributed by atoms with E-state index in [0.717, 1.165) is 45.6 Å². The Hall–Kier alpha value is -1.36. The average Bonchev–Trinajstić information content (AvgIpc) is 3.09. The van der Waals surface area contributed by atoms with E-state index in [2.05, 4.69) is 15.1 Å². The third-order valence-corrected chi connectivity index (χ3v) is 4.44. The van der Waals surface area contributed by atoms with Gasteiger partial charge in [-0.3, -0.25) is 9.89 Å². The van der Waals surface area contributed by atoms with E-state index in [1.165, 1.54) is 18.4 Å². The number of rotatable bonds is 4. The zero-order valence-electron chi connectivity index (χ0n) is 11.3. The number of amides is 1. The second-order valence-electron chi connectivity index (χ2n) is 5.63. The molecule has 3 heterocycles. The lowest BCUT2D eigenvalue weighted by atomic mass is 9.92. The summed E-state index contributed by atoms with van der Waals surface area (Å²) >= 11 is 0. The van der Waals surface area contributed by atoms with Crippen LogP contribution in [-0.4, -0.2) is 58.6 Å². The summed E-state index contributed by atoms with van der Waals surface area (Å²) < 4.78 is 0. The summed E-state index contributed by atoms with van der Waals surface area (Å²) in [6, 6.07) is 0. The van der Waals surface area contributed by atoms with Crippen LogP contribution in [0.3, 0.4) is 0 Å². The van der Waals surface area contributed by atoms with E-state index >= 15 is 0 Å². The van der Waals surface area contributed by atoms with E-state index in [1.807, 2.05) is 17.3 Å². The molecule has 1 aromatic rings. The molecule has 1 amide bonds. The second kappa shape index (κ2) is 5.74. The van der Waals surface area contributed by atoms with Crippen molar-refractivity contribution < 1.29 is 4.79 Å². The van der Waals surface area contributed by atoms with Crippen LogP contribution in [0.5, 0.6) is 0 Å². The number of aromatic amines is 1. The van der Waals surface area contributed by atoms with Gasteiger partial charge in [-0.25, -0.2) is 0 Å². The molecule has 5 nitrogen and oxygen atoms in total. The van der Waals surface area contributed by atoms with Crippen LogP contribution < -0.4 is 0 Å². The minimum absolute atomic E-state index is 0.341. The molecule has 104 valence electrons. The molecule has 5 heteroatoms. The molecule has 0 saturated carbocycles. The Labute approximate surface area is 114 Å². The highest BCUT2D eigenvalue weighted by Crippen LogP contribution is 2.26. The molecule has 2 saturated heterocycles. The Kier molecular flexibility index (Phi) is 3.82. The van der Waals surface area contributed by atoms with Gasteiger partial charge >= 0.3 is 0 Å². The topological polar surface area (TPSA) is 52.2 Å². The van der Waals surface area contributed by atoms with Gasteiger partial charge in [0.25, 0.3) is 0 Å². The van der Waals surface area contributed by atoms with E-state index in [9.17, 15) is 4.79 Å². The summed E-state index contributed by atoms with van der Waals surface area (Å²) in [6.45, 7) is 5.18. The predicted molar refractivity (Wildman–Crippen MR) is 72.8 cm³/mol. The zero-order valence-corrected chi connectivity index (χ0v) is 11.3. The van der Waals surface area contributed by atoms with Crippen molar-refractivity contribution in [3.05, 3.63) is 18.0 Å². The Morgan fingerprint density at radius 1 is 1.26 bits per heavy atom. The van der Waals surface area contributed by atoms with Crippen molar-refractivity contribution in [2.45, 2.75) is 31.6 Å². The van der Waals surface area contributed by atoms with Crippen LogP contribution in [0.4, 0.5) is 0 Å². The number of nitrogens with zero attached hydrogens (tertiary/aromatic N) is 3. The van der Waals surface area contributed by atoms with Crippen LogP contribution in [0.15, 0.2) is 12.4 Å². The standard InChI is InChI=1S/C14H22N4O/c19-14-2-1-5-18(14)9-8-17-6-3-12(4-7-17)13-10-15-16-11-13/h10-12H,1-9H2,(H,15,16). The minimum Gasteiger partial charge on any atom is -0.341 e. The molecule has 0 radical (unpaired) electrons. The Morgan fingerprint density at radius 2 is 2.11 bits per heavy atom. The molecule has 1 aromatic heterocycles. The normalized spacial score (nSPS) is 22.3. The molecule has 2 aliphatic rings. The van der Waals surface area contributed by atoms with Gasteiger partial charge in [0.15, 0.2) is 0 Å². The Balaban J connectivity index is 1.42. The third-order valence-electron chi connectivity index (χ3n) is 4.44. The number of carbonyl (C=O) groups is 1. The van der Waals surface area contributed by atoms with Crippen molar-refractivity contribution >= 4 is 5.91 Å². The van der Waals surface area contributed by atoms with Gasteiger partial charge in [-0.05, 0) is 43.8 Å². The summed E-state index contributed by atoms with van der Waals surface area (Å²) in [7, 11) is 0. The maximum Gasteiger partial charge on any atom is 0.222 e. The summed E-state index contributed by atoms with van der Waals surface area (Å²) in [6.07, 6.45) is 8.16. The predicted octanol–water partition coefficient (Wildman–Crippen LogP) is 1.21. The zero-order chi connectivity index (χ0) is 13.1. The molecule has 0 unspecified atom stereocenters. The van der Waals surface area contributed by atoms with Gasteiger partial charge in [-0.1, -0.05) is 0 Å². The molecule has 3 rings (SSSR count). The van der Waals surface area contributed by atoms with Gasteiger partial charge in [0.2, 0.25) is 5.91 Å². The van der Waals surface area contributed by atoms with Gasteiger partial charge in [0, 0.05) is 32.3 Å². The first-order valence-electron chi connectivity index (χ1n) is 7.32. The quantitative estimate of drug-likeness (QED) is 0.887. The SMILES string of the molecule is O=C1CCCN1CCN1CCC(c2cn[nH]c2)CC1. The van der Waals surface area contributed by atoms with Crippen LogP contribution in [0.25, 0.3) is 0 Å². The van der Waals surface area contributed by atoms with E-state index in [-0.39, 0.29) is 0 Å². The van der Waals surface area contributed by atoms with Crippen LogP contribution in [0.1, 0.15) is 37.2 Å². The van der Waals surface area contributed by atoms with E-state index in [1.54, 1.807) is 0 Å². The van der Waals surface area contributed by atoms with Crippen molar-refractivity contribution in [1.29, 1.82) is 0 Å². The van der Waals surface area contributed by atoms with E-state index < -0.39 is 0 Å². The summed E-state index contributed by atoms with van der Waals surface area (Å²) in [5.74, 6) is 0.997. The number of carbonyl (C=O) groups excluding carboxylic acids is 1. The summed E-state index contributed by atoms with van der Waals surface area (Å²) in [5, 5.41) is 6.93. The monoisotopic (exact) mass is 262 g/mol. The fourth-order valence-corrected chi connectivity index (χ4v) is 3.18. The maximum absolute atomic E-state index is 11.6. The lowest BCUT2D eigenvalue weighted by Crippen LogP contribution is -2.39. The molecule has 19 heavy (non-hydrogen) atoms. The highest BCUT2D eigenvalue weighted by Gasteiger charge is 2.23. The largest absolute Gasteiger partial charge is 0.341 e. The number of hydrogen-bond donors (Lipinski definition) is 1. The van der Waals surface area contributed by atoms with Gasteiger partial charge in [-0.2, -0.15) is 5.10 Å². The highest BCUT2D eigenvalue weighted by molar-refractivity contribution is 5.78. The maximum atomic E-state index is 11.6. The smallest absolute Gasteiger partial charge is 0.222 e.